The molecule has 0 radical (unpaired) electrons. The van der Waals surface area contributed by atoms with Gasteiger partial charge in [0.05, 0.1) is 5.76 Å². The van der Waals surface area contributed by atoms with Gasteiger partial charge in [-0.3, -0.25) is 0 Å². The smallest absolute Gasteiger partial charge is 0.241 e. The fourth-order valence-corrected chi connectivity index (χ4v) is 2.44. The molecular formula is C11H24OSi. The molecule has 13 heavy (non-hydrogen) atoms. The highest BCUT2D eigenvalue weighted by Crippen LogP contribution is 2.21. The zero-order valence-corrected chi connectivity index (χ0v) is 11.0. The summed E-state index contributed by atoms with van der Waals surface area (Å²) in [7, 11) is -1.39. The Hall–Kier alpha value is -0.243. The summed E-state index contributed by atoms with van der Waals surface area (Å²) >= 11 is 0. The predicted octanol–water partition coefficient (Wildman–Crippen LogP) is 4.32. The maximum atomic E-state index is 6.05. The van der Waals surface area contributed by atoms with Crippen molar-refractivity contribution in [1.82, 2.24) is 0 Å². The van der Waals surface area contributed by atoms with E-state index in [1.165, 1.54) is 11.3 Å². The first-order valence-electron chi connectivity index (χ1n) is 5.34. The minimum absolute atomic E-state index is 1.04. The van der Waals surface area contributed by atoms with E-state index >= 15 is 0 Å². The van der Waals surface area contributed by atoms with Crippen molar-refractivity contribution >= 4 is 8.32 Å². The van der Waals surface area contributed by atoms with Gasteiger partial charge < -0.3 is 4.43 Å². The lowest BCUT2D eigenvalue weighted by molar-refractivity contribution is 0.394. The van der Waals surface area contributed by atoms with E-state index in [2.05, 4.69) is 40.4 Å². The second-order valence-electron chi connectivity index (χ2n) is 4.30. The molecule has 0 aliphatic heterocycles. The van der Waals surface area contributed by atoms with Gasteiger partial charge in [-0.25, -0.2) is 0 Å². The maximum Gasteiger partial charge on any atom is 0.241 e. The second kappa shape index (κ2) is 5.48. The van der Waals surface area contributed by atoms with E-state index in [0.717, 1.165) is 19.3 Å². The van der Waals surface area contributed by atoms with Gasteiger partial charge in [0.2, 0.25) is 8.32 Å². The molecule has 0 aromatic carbocycles. The minimum atomic E-state index is -1.39. The standard InChI is InChI=1S/C11H24OSi/c1-7-10(8-2)11(9-3)12-13(4,5)6/h7-9H2,1-6H3. The highest BCUT2D eigenvalue weighted by atomic mass is 28.4. The van der Waals surface area contributed by atoms with Crippen LogP contribution in [0.5, 0.6) is 0 Å². The van der Waals surface area contributed by atoms with Crippen LogP contribution in [0.4, 0.5) is 0 Å². The van der Waals surface area contributed by atoms with Crippen molar-refractivity contribution in [3.63, 3.8) is 0 Å². The van der Waals surface area contributed by atoms with E-state index < -0.39 is 8.32 Å². The highest BCUT2D eigenvalue weighted by molar-refractivity contribution is 6.70. The zero-order valence-electron chi connectivity index (χ0n) is 10.0. The molecule has 0 aliphatic carbocycles. The fourth-order valence-electron chi connectivity index (χ4n) is 1.41. The Balaban J connectivity index is 4.57. The van der Waals surface area contributed by atoms with Crippen LogP contribution in [0.3, 0.4) is 0 Å². The van der Waals surface area contributed by atoms with Crippen LogP contribution in [0, 0.1) is 0 Å². The lowest BCUT2D eigenvalue weighted by atomic mass is 10.1. The third-order valence-electron chi connectivity index (χ3n) is 2.00. The predicted molar refractivity (Wildman–Crippen MR) is 62.3 cm³/mol. The number of rotatable bonds is 5. The van der Waals surface area contributed by atoms with Crippen molar-refractivity contribution in [3.05, 3.63) is 11.3 Å². The van der Waals surface area contributed by atoms with Crippen molar-refractivity contribution in [3.8, 4) is 0 Å². The fraction of sp³-hybridized carbons (Fsp3) is 0.818. The largest absolute Gasteiger partial charge is 0.547 e. The lowest BCUT2D eigenvalue weighted by Crippen LogP contribution is -2.25. The van der Waals surface area contributed by atoms with Crippen LogP contribution in [-0.4, -0.2) is 8.32 Å². The van der Waals surface area contributed by atoms with E-state index in [4.69, 9.17) is 4.43 Å². The van der Waals surface area contributed by atoms with Crippen LogP contribution in [0.1, 0.15) is 40.0 Å². The van der Waals surface area contributed by atoms with Gasteiger partial charge in [-0.1, -0.05) is 20.8 Å². The molecule has 0 bridgehead atoms. The van der Waals surface area contributed by atoms with Crippen LogP contribution in [0.2, 0.25) is 19.6 Å². The molecule has 0 unspecified atom stereocenters. The molecule has 0 aromatic rings. The summed E-state index contributed by atoms with van der Waals surface area (Å²) in [5.74, 6) is 1.25. The van der Waals surface area contributed by atoms with Gasteiger partial charge in [0.1, 0.15) is 0 Å². The molecule has 0 fully saturated rings. The second-order valence-corrected chi connectivity index (χ2v) is 8.73. The molecule has 1 nitrogen and oxygen atoms in total. The number of hydrogen-bond acceptors (Lipinski definition) is 1. The average molecular weight is 200 g/mol. The quantitative estimate of drug-likeness (QED) is 0.474. The van der Waals surface area contributed by atoms with Crippen molar-refractivity contribution in [1.29, 1.82) is 0 Å². The third kappa shape index (κ3) is 5.14. The monoisotopic (exact) mass is 200 g/mol. The molecule has 0 saturated heterocycles. The normalized spacial score (nSPS) is 11.2. The summed E-state index contributed by atoms with van der Waals surface area (Å²) < 4.78 is 6.05. The van der Waals surface area contributed by atoms with Gasteiger partial charge in [-0.15, -0.1) is 0 Å². The van der Waals surface area contributed by atoms with E-state index in [-0.39, 0.29) is 0 Å². The van der Waals surface area contributed by atoms with Crippen molar-refractivity contribution in [2.75, 3.05) is 0 Å². The Bertz CT molecular complexity index is 171. The molecule has 0 N–H and O–H groups in total. The summed E-state index contributed by atoms with van der Waals surface area (Å²) in [6, 6.07) is 0. The molecule has 0 rings (SSSR count). The Labute approximate surface area is 84.3 Å². The van der Waals surface area contributed by atoms with Crippen molar-refractivity contribution < 1.29 is 4.43 Å². The molecule has 2 heteroatoms. The summed E-state index contributed by atoms with van der Waals surface area (Å²) in [4.78, 5) is 0. The van der Waals surface area contributed by atoms with Crippen LogP contribution < -0.4 is 0 Å². The van der Waals surface area contributed by atoms with Crippen LogP contribution >= 0.6 is 0 Å². The molecule has 0 saturated carbocycles. The van der Waals surface area contributed by atoms with Gasteiger partial charge in [0.15, 0.2) is 0 Å². The van der Waals surface area contributed by atoms with Gasteiger partial charge in [-0.05, 0) is 38.1 Å². The van der Waals surface area contributed by atoms with Crippen LogP contribution in [0.15, 0.2) is 11.3 Å². The van der Waals surface area contributed by atoms with Crippen molar-refractivity contribution in [2.24, 2.45) is 0 Å². The van der Waals surface area contributed by atoms with E-state index in [1.54, 1.807) is 0 Å². The molecule has 0 aromatic heterocycles. The lowest BCUT2D eigenvalue weighted by Gasteiger charge is -2.23. The van der Waals surface area contributed by atoms with E-state index in [0.29, 0.717) is 0 Å². The van der Waals surface area contributed by atoms with Gasteiger partial charge in [0, 0.05) is 6.42 Å². The molecule has 0 spiro atoms. The highest BCUT2D eigenvalue weighted by Gasteiger charge is 2.18. The molecular weight excluding hydrogens is 176 g/mol. The van der Waals surface area contributed by atoms with E-state index in [1.807, 2.05) is 0 Å². The Kier molecular flexibility index (Phi) is 5.38. The van der Waals surface area contributed by atoms with Gasteiger partial charge in [-0.2, -0.15) is 0 Å². The summed E-state index contributed by atoms with van der Waals surface area (Å²) in [5.41, 5.74) is 1.49. The minimum Gasteiger partial charge on any atom is -0.547 e. The first-order chi connectivity index (χ1) is 5.94. The number of allylic oxidation sites excluding steroid dienone is 2. The molecule has 0 atom stereocenters. The first-order valence-corrected chi connectivity index (χ1v) is 8.75. The molecule has 78 valence electrons. The maximum absolute atomic E-state index is 6.05. The summed E-state index contributed by atoms with van der Waals surface area (Å²) in [6.45, 7) is 13.3. The molecule has 0 amide bonds. The molecule has 0 aliphatic rings. The van der Waals surface area contributed by atoms with Crippen molar-refractivity contribution in [2.45, 2.75) is 59.7 Å². The van der Waals surface area contributed by atoms with Crippen LogP contribution in [-0.2, 0) is 4.43 Å². The average Bonchev–Trinajstić information content (AvgIpc) is 2.02. The first kappa shape index (κ1) is 12.8. The summed E-state index contributed by atoms with van der Waals surface area (Å²) in [5, 5.41) is 0. The zero-order chi connectivity index (χ0) is 10.5. The molecule has 0 heterocycles. The van der Waals surface area contributed by atoms with Crippen LogP contribution in [0.25, 0.3) is 0 Å². The SMILES string of the molecule is CCC(CC)=C(CC)O[Si](C)(C)C. The van der Waals surface area contributed by atoms with Gasteiger partial charge >= 0.3 is 0 Å². The number of hydrogen-bond donors (Lipinski definition) is 0. The van der Waals surface area contributed by atoms with E-state index in [9.17, 15) is 0 Å². The third-order valence-corrected chi connectivity index (χ3v) is 2.86. The summed E-state index contributed by atoms with van der Waals surface area (Å²) in [6.07, 6.45) is 3.30. The Morgan fingerprint density at radius 3 is 1.62 bits per heavy atom. The Morgan fingerprint density at radius 1 is 0.923 bits per heavy atom. The van der Waals surface area contributed by atoms with Gasteiger partial charge in [0.25, 0.3) is 0 Å². The Morgan fingerprint density at radius 2 is 1.38 bits per heavy atom. The topological polar surface area (TPSA) is 9.23 Å².